The summed E-state index contributed by atoms with van der Waals surface area (Å²) in [6, 6.07) is 0. The maximum absolute atomic E-state index is 11.7. The molecule has 0 aromatic heterocycles. The molecule has 1 aliphatic carbocycles. The Bertz CT molecular complexity index is 364. The third-order valence-electron chi connectivity index (χ3n) is 3.47. The molecule has 1 saturated heterocycles. The van der Waals surface area contributed by atoms with Gasteiger partial charge in [-0.3, -0.25) is 4.79 Å². The van der Waals surface area contributed by atoms with Gasteiger partial charge in [0.05, 0.1) is 0 Å². The molecular formula is C13H19NO4. The van der Waals surface area contributed by atoms with Gasteiger partial charge in [-0.05, 0) is 38.5 Å². The molecule has 5 heteroatoms. The lowest BCUT2D eigenvalue weighted by atomic mass is 10.1. The van der Waals surface area contributed by atoms with E-state index in [1.165, 1.54) is 12.0 Å². The minimum absolute atomic E-state index is 0.183. The molecule has 0 aromatic carbocycles. The van der Waals surface area contributed by atoms with Crippen molar-refractivity contribution in [3.05, 3.63) is 11.6 Å². The van der Waals surface area contributed by atoms with E-state index in [4.69, 9.17) is 9.84 Å². The first-order chi connectivity index (χ1) is 8.66. The SMILES string of the molecule is O=C(NCCC1=CCCC1)[C@@H]1CC[C@H](C(=O)O)O1. The van der Waals surface area contributed by atoms with Crippen LogP contribution in [0.15, 0.2) is 11.6 Å². The normalized spacial score (nSPS) is 27.0. The van der Waals surface area contributed by atoms with Crippen molar-refractivity contribution in [2.45, 2.75) is 50.7 Å². The van der Waals surface area contributed by atoms with Crippen molar-refractivity contribution in [1.29, 1.82) is 0 Å². The van der Waals surface area contributed by atoms with Crippen LogP contribution in [0, 0.1) is 0 Å². The van der Waals surface area contributed by atoms with Gasteiger partial charge < -0.3 is 15.2 Å². The van der Waals surface area contributed by atoms with Gasteiger partial charge in [-0.2, -0.15) is 0 Å². The summed E-state index contributed by atoms with van der Waals surface area (Å²) in [5.41, 5.74) is 1.41. The number of amides is 1. The number of allylic oxidation sites excluding steroid dienone is 1. The highest BCUT2D eigenvalue weighted by molar-refractivity contribution is 5.82. The van der Waals surface area contributed by atoms with Crippen LogP contribution in [0.2, 0.25) is 0 Å². The van der Waals surface area contributed by atoms with Crippen LogP contribution in [-0.2, 0) is 14.3 Å². The zero-order chi connectivity index (χ0) is 13.0. The fourth-order valence-corrected chi connectivity index (χ4v) is 2.44. The molecule has 2 atom stereocenters. The molecule has 1 fully saturated rings. The minimum atomic E-state index is -0.985. The second-order valence-corrected chi connectivity index (χ2v) is 4.82. The number of rotatable bonds is 5. The molecule has 2 N–H and O–H groups in total. The zero-order valence-electron chi connectivity index (χ0n) is 10.4. The fraction of sp³-hybridized carbons (Fsp3) is 0.692. The summed E-state index contributed by atoms with van der Waals surface area (Å²) in [7, 11) is 0. The van der Waals surface area contributed by atoms with Gasteiger partial charge in [-0.25, -0.2) is 4.79 Å². The van der Waals surface area contributed by atoms with E-state index in [1.807, 2.05) is 0 Å². The Morgan fingerprint density at radius 2 is 2.17 bits per heavy atom. The number of carbonyl (C=O) groups excluding carboxylic acids is 1. The molecule has 1 heterocycles. The first-order valence-electron chi connectivity index (χ1n) is 6.50. The van der Waals surface area contributed by atoms with E-state index in [0.29, 0.717) is 19.4 Å². The number of hydrogen-bond acceptors (Lipinski definition) is 3. The molecule has 0 spiro atoms. The standard InChI is InChI=1S/C13H19NO4/c15-12(10-5-6-11(18-10)13(16)17)14-8-7-9-3-1-2-4-9/h3,10-11H,1-2,4-8H2,(H,14,15)(H,16,17)/t10-,11+/m0/s1. The maximum atomic E-state index is 11.7. The lowest BCUT2D eigenvalue weighted by Gasteiger charge is -2.11. The van der Waals surface area contributed by atoms with Crippen molar-refractivity contribution in [3.8, 4) is 0 Å². The van der Waals surface area contributed by atoms with Crippen LogP contribution in [0.5, 0.6) is 0 Å². The van der Waals surface area contributed by atoms with Crippen molar-refractivity contribution in [1.82, 2.24) is 5.32 Å². The highest BCUT2D eigenvalue weighted by Gasteiger charge is 2.34. The third kappa shape index (κ3) is 3.32. The van der Waals surface area contributed by atoms with Crippen molar-refractivity contribution in [2.75, 3.05) is 6.54 Å². The number of carbonyl (C=O) groups is 2. The van der Waals surface area contributed by atoms with E-state index >= 15 is 0 Å². The zero-order valence-corrected chi connectivity index (χ0v) is 10.4. The van der Waals surface area contributed by atoms with E-state index in [9.17, 15) is 9.59 Å². The summed E-state index contributed by atoms with van der Waals surface area (Å²) >= 11 is 0. The van der Waals surface area contributed by atoms with Gasteiger partial charge in [0.25, 0.3) is 0 Å². The second-order valence-electron chi connectivity index (χ2n) is 4.82. The molecule has 1 amide bonds. The predicted molar refractivity (Wildman–Crippen MR) is 65.1 cm³/mol. The molecule has 0 unspecified atom stereocenters. The molecule has 0 bridgehead atoms. The van der Waals surface area contributed by atoms with Crippen LogP contribution in [0.1, 0.15) is 38.5 Å². The Morgan fingerprint density at radius 3 is 2.78 bits per heavy atom. The lowest BCUT2D eigenvalue weighted by molar-refractivity contribution is -0.151. The molecular weight excluding hydrogens is 234 g/mol. The molecule has 1 aliphatic heterocycles. The predicted octanol–water partition coefficient (Wildman–Crippen LogP) is 1.24. The molecule has 0 saturated carbocycles. The van der Waals surface area contributed by atoms with Crippen molar-refractivity contribution >= 4 is 11.9 Å². The molecule has 2 aliphatic rings. The summed E-state index contributed by atoms with van der Waals surface area (Å²) in [5, 5.41) is 11.6. The van der Waals surface area contributed by atoms with Gasteiger partial charge in [0.1, 0.15) is 6.10 Å². The Balaban J connectivity index is 1.67. The Morgan fingerprint density at radius 1 is 1.39 bits per heavy atom. The van der Waals surface area contributed by atoms with E-state index in [0.717, 1.165) is 19.3 Å². The molecule has 5 nitrogen and oxygen atoms in total. The highest BCUT2D eigenvalue weighted by Crippen LogP contribution is 2.21. The summed E-state index contributed by atoms with van der Waals surface area (Å²) < 4.78 is 5.18. The van der Waals surface area contributed by atoms with E-state index < -0.39 is 18.2 Å². The minimum Gasteiger partial charge on any atom is -0.479 e. The van der Waals surface area contributed by atoms with Crippen LogP contribution < -0.4 is 5.32 Å². The monoisotopic (exact) mass is 253 g/mol. The van der Waals surface area contributed by atoms with E-state index in [-0.39, 0.29) is 5.91 Å². The third-order valence-corrected chi connectivity index (χ3v) is 3.47. The quantitative estimate of drug-likeness (QED) is 0.723. The van der Waals surface area contributed by atoms with Crippen molar-refractivity contribution < 1.29 is 19.4 Å². The van der Waals surface area contributed by atoms with Crippen LogP contribution in [-0.4, -0.2) is 35.7 Å². The lowest BCUT2D eigenvalue weighted by Crippen LogP contribution is -2.36. The number of hydrogen-bond donors (Lipinski definition) is 2. The van der Waals surface area contributed by atoms with Gasteiger partial charge in [0.2, 0.25) is 5.91 Å². The Kier molecular flexibility index (Phi) is 4.36. The van der Waals surface area contributed by atoms with Gasteiger partial charge in [-0.1, -0.05) is 11.6 Å². The smallest absolute Gasteiger partial charge is 0.332 e. The largest absolute Gasteiger partial charge is 0.479 e. The topological polar surface area (TPSA) is 75.6 Å². The molecule has 0 radical (unpaired) electrons. The molecule has 2 rings (SSSR count). The van der Waals surface area contributed by atoms with Gasteiger partial charge >= 0.3 is 5.97 Å². The van der Waals surface area contributed by atoms with Crippen LogP contribution in [0.4, 0.5) is 0 Å². The van der Waals surface area contributed by atoms with Crippen molar-refractivity contribution in [3.63, 3.8) is 0 Å². The highest BCUT2D eigenvalue weighted by atomic mass is 16.5. The Labute approximate surface area is 106 Å². The first kappa shape index (κ1) is 13.1. The summed E-state index contributed by atoms with van der Waals surface area (Å²) in [4.78, 5) is 22.4. The number of carboxylic acids is 1. The van der Waals surface area contributed by atoms with Gasteiger partial charge in [-0.15, -0.1) is 0 Å². The number of aliphatic carboxylic acids is 1. The maximum Gasteiger partial charge on any atom is 0.332 e. The molecule has 100 valence electrons. The summed E-state index contributed by atoms with van der Waals surface area (Å²) in [5.74, 6) is -1.17. The fourth-order valence-electron chi connectivity index (χ4n) is 2.44. The number of carboxylic acid groups (broad SMARTS) is 1. The summed E-state index contributed by atoms with van der Waals surface area (Å²) in [6.45, 7) is 0.613. The van der Waals surface area contributed by atoms with E-state index in [1.54, 1.807) is 0 Å². The van der Waals surface area contributed by atoms with Gasteiger partial charge in [0, 0.05) is 6.54 Å². The first-order valence-corrected chi connectivity index (χ1v) is 6.50. The number of ether oxygens (including phenoxy) is 1. The average molecular weight is 253 g/mol. The van der Waals surface area contributed by atoms with Crippen molar-refractivity contribution in [2.24, 2.45) is 0 Å². The van der Waals surface area contributed by atoms with Crippen LogP contribution in [0.25, 0.3) is 0 Å². The Hall–Kier alpha value is -1.36. The van der Waals surface area contributed by atoms with E-state index in [2.05, 4.69) is 11.4 Å². The van der Waals surface area contributed by atoms with Crippen LogP contribution >= 0.6 is 0 Å². The number of nitrogens with one attached hydrogen (secondary N) is 1. The van der Waals surface area contributed by atoms with Crippen LogP contribution in [0.3, 0.4) is 0 Å². The molecule has 18 heavy (non-hydrogen) atoms. The summed E-state index contributed by atoms with van der Waals surface area (Å²) in [6.07, 6.45) is 6.12. The second kappa shape index (κ2) is 6.00. The van der Waals surface area contributed by atoms with Gasteiger partial charge in [0.15, 0.2) is 6.10 Å². The molecule has 0 aromatic rings. The average Bonchev–Trinajstić information content (AvgIpc) is 2.99.